The fourth-order valence-corrected chi connectivity index (χ4v) is 5.45. The summed E-state index contributed by atoms with van der Waals surface area (Å²) in [4.78, 5) is 12.4. The first-order chi connectivity index (χ1) is 13.0. The maximum absolute atomic E-state index is 13.1. The van der Waals surface area contributed by atoms with Crippen molar-refractivity contribution in [1.29, 1.82) is 0 Å². The summed E-state index contributed by atoms with van der Waals surface area (Å²) in [6, 6.07) is 6.40. The normalized spacial score (nSPS) is 24.9. The van der Waals surface area contributed by atoms with Gasteiger partial charge in [0.1, 0.15) is 5.82 Å². The third kappa shape index (κ3) is 3.88. The molecule has 5 nitrogen and oxygen atoms in total. The van der Waals surface area contributed by atoms with Gasteiger partial charge < -0.3 is 9.88 Å². The molecule has 7 heteroatoms. The molecule has 0 spiro atoms. The molecule has 2 bridgehead atoms. The van der Waals surface area contributed by atoms with Crippen LogP contribution in [-0.2, 0) is 11.8 Å². The summed E-state index contributed by atoms with van der Waals surface area (Å²) in [6.45, 7) is 2.14. The van der Waals surface area contributed by atoms with Gasteiger partial charge in [0.15, 0.2) is 11.0 Å². The highest BCUT2D eigenvalue weighted by Crippen LogP contribution is 2.49. The highest BCUT2D eigenvalue weighted by Gasteiger charge is 2.42. The summed E-state index contributed by atoms with van der Waals surface area (Å²) in [6.07, 6.45) is 5.32. The largest absolute Gasteiger partial charge is 0.353 e. The molecule has 1 N–H and O–H groups in total. The number of halogens is 1. The fourth-order valence-electron chi connectivity index (χ4n) is 4.73. The fraction of sp³-hybridized carbons (Fsp3) is 0.550. The van der Waals surface area contributed by atoms with Crippen LogP contribution in [0.4, 0.5) is 4.39 Å². The van der Waals surface area contributed by atoms with Gasteiger partial charge in [0.2, 0.25) is 5.91 Å². The van der Waals surface area contributed by atoms with E-state index in [1.807, 2.05) is 11.6 Å². The van der Waals surface area contributed by atoms with Crippen molar-refractivity contribution >= 4 is 17.7 Å². The van der Waals surface area contributed by atoms with Crippen LogP contribution in [0.15, 0.2) is 29.4 Å². The van der Waals surface area contributed by atoms with Crippen molar-refractivity contribution in [2.45, 2.75) is 43.8 Å². The van der Waals surface area contributed by atoms with Gasteiger partial charge in [-0.2, -0.15) is 0 Å². The molecule has 1 heterocycles. The van der Waals surface area contributed by atoms with E-state index in [0.717, 1.165) is 17.4 Å². The smallest absolute Gasteiger partial charge is 0.230 e. The molecule has 4 atom stereocenters. The minimum Gasteiger partial charge on any atom is -0.353 e. The number of hydrogen-bond acceptors (Lipinski definition) is 4. The zero-order valence-corrected chi connectivity index (χ0v) is 16.5. The second-order valence-corrected chi connectivity index (χ2v) is 8.80. The van der Waals surface area contributed by atoms with Crippen molar-refractivity contribution in [3.05, 3.63) is 30.1 Å². The molecule has 27 heavy (non-hydrogen) atoms. The van der Waals surface area contributed by atoms with Gasteiger partial charge in [0.25, 0.3) is 0 Å². The Kier molecular flexibility index (Phi) is 5.21. The third-order valence-electron chi connectivity index (χ3n) is 6.09. The van der Waals surface area contributed by atoms with Gasteiger partial charge in [-0.3, -0.25) is 4.79 Å². The highest BCUT2D eigenvalue weighted by atomic mass is 32.2. The molecule has 0 radical (unpaired) electrons. The van der Waals surface area contributed by atoms with E-state index in [0.29, 0.717) is 22.7 Å². The second-order valence-electron chi connectivity index (χ2n) is 7.86. The number of rotatable bonds is 6. The zero-order valence-electron chi connectivity index (χ0n) is 15.7. The standard InChI is InChI=1S/C20H25FN4OS/c1-12(17-10-13-3-4-15(17)9-13)22-18(26)11-27-20-24-23-19(25(20)2)14-5-7-16(21)8-6-14/h5-8,12-13,15,17H,3-4,9-11H2,1-2H3,(H,22,26). The first kappa shape index (κ1) is 18.5. The van der Waals surface area contributed by atoms with Crippen LogP contribution in [0.5, 0.6) is 0 Å². The Morgan fingerprint density at radius 3 is 2.74 bits per heavy atom. The lowest BCUT2D eigenvalue weighted by Crippen LogP contribution is -2.40. The Morgan fingerprint density at radius 2 is 2.07 bits per heavy atom. The van der Waals surface area contributed by atoms with E-state index in [-0.39, 0.29) is 17.8 Å². The molecule has 0 aliphatic heterocycles. The molecule has 2 aliphatic carbocycles. The van der Waals surface area contributed by atoms with Gasteiger partial charge in [-0.05, 0) is 68.2 Å². The van der Waals surface area contributed by atoms with Crippen molar-refractivity contribution in [1.82, 2.24) is 20.1 Å². The van der Waals surface area contributed by atoms with Crippen molar-refractivity contribution in [3.63, 3.8) is 0 Å². The van der Waals surface area contributed by atoms with Gasteiger partial charge in [0.05, 0.1) is 5.75 Å². The van der Waals surface area contributed by atoms with Crippen molar-refractivity contribution < 1.29 is 9.18 Å². The Balaban J connectivity index is 1.32. The monoisotopic (exact) mass is 388 g/mol. The topological polar surface area (TPSA) is 59.8 Å². The molecular formula is C20H25FN4OS. The van der Waals surface area contributed by atoms with Gasteiger partial charge in [-0.15, -0.1) is 10.2 Å². The highest BCUT2D eigenvalue weighted by molar-refractivity contribution is 7.99. The average Bonchev–Trinajstić information content (AvgIpc) is 3.37. The van der Waals surface area contributed by atoms with Gasteiger partial charge in [0, 0.05) is 18.7 Å². The van der Waals surface area contributed by atoms with Crippen molar-refractivity contribution in [2.75, 3.05) is 5.75 Å². The quantitative estimate of drug-likeness (QED) is 0.768. The molecule has 2 fully saturated rings. The van der Waals surface area contributed by atoms with Crippen LogP contribution in [0, 0.1) is 23.6 Å². The lowest BCUT2D eigenvalue weighted by molar-refractivity contribution is -0.119. The Bertz CT molecular complexity index is 822. The summed E-state index contributed by atoms with van der Waals surface area (Å²) in [5.74, 6) is 3.07. The Morgan fingerprint density at radius 1 is 1.30 bits per heavy atom. The van der Waals surface area contributed by atoms with Crippen LogP contribution >= 0.6 is 11.8 Å². The maximum Gasteiger partial charge on any atom is 0.230 e. The number of nitrogens with zero attached hydrogens (tertiary/aromatic N) is 3. The van der Waals surface area contributed by atoms with Gasteiger partial charge in [-0.1, -0.05) is 18.2 Å². The van der Waals surface area contributed by atoms with Crippen LogP contribution in [0.25, 0.3) is 11.4 Å². The number of hydrogen-bond donors (Lipinski definition) is 1. The van der Waals surface area contributed by atoms with E-state index < -0.39 is 0 Å². The van der Waals surface area contributed by atoms with Crippen LogP contribution in [-0.4, -0.2) is 32.5 Å². The van der Waals surface area contributed by atoms with E-state index in [9.17, 15) is 9.18 Å². The predicted molar refractivity (Wildman–Crippen MR) is 104 cm³/mol. The molecule has 1 aromatic carbocycles. The molecule has 2 aromatic rings. The number of nitrogens with one attached hydrogen (secondary N) is 1. The van der Waals surface area contributed by atoms with Crippen LogP contribution in [0.1, 0.15) is 32.6 Å². The van der Waals surface area contributed by atoms with E-state index in [1.54, 1.807) is 12.1 Å². The lowest BCUT2D eigenvalue weighted by atomic mass is 9.84. The third-order valence-corrected chi connectivity index (χ3v) is 7.11. The van der Waals surface area contributed by atoms with E-state index in [1.165, 1.54) is 49.6 Å². The summed E-state index contributed by atoms with van der Waals surface area (Å²) in [7, 11) is 1.86. The predicted octanol–water partition coefficient (Wildman–Crippen LogP) is 3.65. The molecule has 2 saturated carbocycles. The van der Waals surface area contributed by atoms with Crippen molar-refractivity contribution in [2.24, 2.45) is 24.8 Å². The summed E-state index contributed by atoms with van der Waals surface area (Å²) in [5.41, 5.74) is 0.799. The number of carbonyl (C=O) groups is 1. The molecular weight excluding hydrogens is 363 g/mol. The molecule has 144 valence electrons. The first-order valence-corrected chi connectivity index (χ1v) is 10.6. The van der Waals surface area contributed by atoms with Crippen LogP contribution in [0.3, 0.4) is 0 Å². The summed E-state index contributed by atoms with van der Waals surface area (Å²) in [5, 5.41) is 12.2. The minimum absolute atomic E-state index is 0.0432. The molecule has 1 amide bonds. The Labute approximate surface area is 163 Å². The van der Waals surface area contributed by atoms with E-state index in [2.05, 4.69) is 22.4 Å². The number of fused-ring (bicyclic) bond motifs is 2. The molecule has 1 aromatic heterocycles. The van der Waals surface area contributed by atoms with Gasteiger partial charge >= 0.3 is 0 Å². The van der Waals surface area contributed by atoms with Crippen LogP contribution in [0.2, 0.25) is 0 Å². The molecule has 0 saturated heterocycles. The number of benzene rings is 1. The zero-order chi connectivity index (χ0) is 19.0. The maximum atomic E-state index is 13.1. The summed E-state index contributed by atoms with van der Waals surface area (Å²) >= 11 is 1.38. The van der Waals surface area contributed by atoms with E-state index in [4.69, 9.17) is 0 Å². The number of carbonyl (C=O) groups excluding carboxylic acids is 1. The minimum atomic E-state index is -0.281. The number of aromatic nitrogens is 3. The average molecular weight is 389 g/mol. The van der Waals surface area contributed by atoms with Gasteiger partial charge in [-0.25, -0.2) is 4.39 Å². The van der Waals surface area contributed by atoms with Crippen LogP contribution < -0.4 is 5.32 Å². The lowest BCUT2D eigenvalue weighted by Gasteiger charge is -2.28. The van der Waals surface area contributed by atoms with E-state index >= 15 is 0 Å². The van der Waals surface area contributed by atoms with Crippen molar-refractivity contribution in [3.8, 4) is 11.4 Å². The summed E-state index contributed by atoms with van der Waals surface area (Å²) < 4.78 is 14.9. The number of amides is 1. The second kappa shape index (κ2) is 7.62. The SMILES string of the molecule is CC(NC(=O)CSc1nnc(-c2ccc(F)cc2)n1C)C1CC2CCC1C2. The molecule has 4 unspecified atom stereocenters. The molecule has 2 aliphatic rings. The Hall–Kier alpha value is -1.89. The first-order valence-electron chi connectivity index (χ1n) is 9.58. The molecule has 4 rings (SSSR count). The number of thioether (sulfide) groups is 1.